The monoisotopic (exact) mass is 503 g/mol. The molecule has 5 nitrogen and oxygen atoms in total. The maximum absolute atomic E-state index is 14.9. The maximum Gasteiger partial charge on any atom is 0.221 e. The molecule has 1 atom stereocenters. The molecule has 2 aromatic heterocycles. The Balaban J connectivity index is 1.43. The van der Waals surface area contributed by atoms with Crippen LogP contribution in [0.3, 0.4) is 0 Å². The predicted molar refractivity (Wildman–Crippen MR) is 151 cm³/mol. The van der Waals surface area contributed by atoms with E-state index >= 15 is 0 Å². The topological polar surface area (TPSA) is 55.3 Å². The molecule has 0 N–H and O–H groups in total. The molecule has 5 aromatic rings. The van der Waals surface area contributed by atoms with Gasteiger partial charge in [0.1, 0.15) is 11.2 Å². The van der Waals surface area contributed by atoms with Crippen molar-refractivity contribution in [2.45, 2.75) is 6.92 Å². The number of ether oxygens (including phenoxy) is 1. The number of pyridine rings is 2. The number of fused-ring (bicyclic) bond motifs is 3. The fraction of sp³-hybridized carbons (Fsp3) is 0.0968. The van der Waals surface area contributed by atoms with Gasteiger partial charge in [0.05, 0.1) is 0 Å². The van der Waals surface area contributed by atoms with E-state index in [1.54, 1.807) is 12.4 Å². The Kier molecular flexibility index (Phi) is 5.66. The fourth-order valence-corrected chi connectivity index (χ4v) is 7.89. The van der Waals surface area contributed by atoms with E-state index in [2.05, 4.69) is 28.2 Å². The van der Waals surface area contributed by atoms with Crippen LogP contribution in [0.2, 0.25) is 0 Å². The zero-order valence-corrected chi connectivity index (χ0v) is 21.8. The number of benzene rings is 3. The Labute approximate surface area is 216 Å². The third-order valence-corrected chi connectivity index (χ3v) is 9.73. The average molecular weight is 504 g/mol. The fourth-order valence-electron chi connectivity index (χ4n) is 4.84. The zero-order valence-electron chi connectivity index (χ0n) is 20.9. The van der Waals surface area contributed by atoms with Crippen molar-refractivity contribution in [1.82, 2.24) is 9.97 Å². The Morgan fingerprint density at radius 1 is 0.730 bits per heavy atom. The molecular weight excluding hydrogens is 477 g/mol. The average Bonchev–Trinajstić information content (AvgIpc) is 3.18. The van der Waals surface area contributed by atoms with Crippen molar-refractivity contribution < 1.29 is 9.30 Å². The van der Waals surface area contributed by atoms with Gasteiger partial charge in [0.25, 0.3) is 0 Å². The molecule has 182 valence electrons. The first kappa shape index (κ1) is 23.2. The van der Waals surface area contributed by atoms with E-state index in [1.165, 1.54) is 0 Å². The van der Waals surface area contributed by atoms with Gasteiger partial charge in [0.2, 0.25) is 5.88 Å². The van der Waals surface area contributed by atoms with Crippen LogP contribution < -0.4 is 25.7 Å². The van der Waals surface area contributed by atoms with Gasteiger partial charge < -0.3 is 14.2 Å². The first-order chi connectivity index (χ1) is 17.9. The molecule has 0 saturated heterocycles. The molecular formula is C31H26N3O2P. The highest BCUT2D eigenvalue weighted by atomic mass is 31.2. The Hall–Kier alpha value is -4.21. The van der Waals surface area contributed by atoms with Crippen molar-refractivity contribution in [1.29, 1.82) is 0 Å². The number of hydrogen-bond donors (Lipinski definition) is 0. The highest BCUT2D eigenvalue weighted by Gasteiger charge is 2.41. The lowest BCUT2D eigenvalue weighted by atomic mass is 10.0. The molecule has 0 aliphatic carbocycles. The molecule has 6 heteroatoms. The van der Waals surface area contributed by atoms with Gasteiger partial charge in [-0.25, -0.2) is 4.98 Å². The van der Waals surface area contributed by atoms with Crippen LogP contribution in [-0.2, 0) is 4.57 Å². The smallest absolute Gasteiger partial charge is 0.221 e. The van der Waals surface area contributed by atoms with Gasteiger partial charge in [-0.15, -0.1) is 0 Å². The molecule has 0 amide bonds. The number of nitrogens with zero attached hydrogens (tertiary/aromatic N) is 3. The van der Waals surface area contributed by atoms with Gasteiger partial charge in [-0.2, -0.15) is 0 Å². The summed E-state index contributed by atoms with van der Waals surface area (Å²) >= 11 is 0. The Morgan fingerprint density at radius 3 is 2.35 bits per heavy atom. The van der Waals surface area contributed by atoms with Crippen LogP contribution >= 0.6 is 7.14 Å². The van der Waals surface area contributed by atoms with Crippen molar-refractivity contribution in [3.05, 3.63) is 109 Å². The third-order valence-electron chi connectivity index (χ3n) is 6.72. The van der Waals surface area contributed by atoms with E-state index in [-0.39, 0.29) is 0 Å². The molecule has 6 rings (SSSR count). The van der Waals surface area contributed by atoms with Crippen LogP contribution in [0.25, 0.3) is 22.3 Å². The van der Waals surface area contributed by atoms with E-state index in [0.717, 1.165) is 44.1 Å². The van der Waals surface area contributed by atoms with E-state index in [1.807, 2.05) is 98.7 Å². The molecule has 0 radical (unpaired) electrons. The van der Waals surface area contributed by atoms with E-state index in [9.17, 15) is 4.57 Å². The van der Waals surface area contributed by atoms with Gasteiger partial charge in [0.15, 0.2) is 7.14 Å². The summed E-state index contributed by atoms with van der Waals surface area (Å²) in [5, 5.41) is 1.68. The number of rotatable bonds is 5. The molecule has 3 heterocycles. The Morgan fingerprint density at radius 2 is 1.51 bits per heavy atom. The Bertz CT molecular complexity index is 1700. The van der Waals surface area contributed by atoms with E-state index in [0.29, 0.717) is 17.1 Å². The van der Waals surface area contributed by atoms with Crippen LogP contribution in [0.5, 0.6) is 11.6 Å². The van der Waals surface area contributed by atoms with Crippen molar-refractivity contribution in [3.63, 3.8) is 0 Å². The summed E-state index contributed by atoms with van der Waals surface area (Å²) in [5.41, 5.74) is 6.64. The molecule has 0 fully saturated rings. The molecule has 1 aliphatic rings. The second-order valence-electron chi connectivity index (χ2n) is 9.43. The van der Waals surface area contributed by atoms with Gasteiger partial charge in [0, 0.05) is 48.9 Å². The second-order valence-corrected chi connectivity index (χ2v) is 12.1. The second kappa shape index (κ2) is 9.02. The van der Waals surface area contributed by atoms with Gasteiger partial charge in [-0.1, -0.05) is 48.5 Å². The van der Waals surface area contributed by atoms with Gasteiger partial charge in [-0.3, -0.25) is 4.98 Å². The van der Waals surface area contributed by atoms with Crippen molar-refractivity contribution in [2.75, 3.05) is 19.0 Å². The molecule has 37 heavy (non-hydrogen) atoms. The van der Waals surface area contributed by atoms with Crippen LogP contribution in [0.4, 0.5) is 5.69 Å². The number of aryl methyl sites for hydroxylation is 1. The van der Waals surface area contributed by atoms with Gasteiger partial charge >= 0.3 is 0 Å². The quantitative estimate of drug-likeness (QED) is 0.273. The summed E-state index contributed by atoms with van der Waals surface area (Å²) in [6, 6.07) is 29.8. The SMILES string of the molecule is Cc1ccnc(P2(=O)c3ccccc3-c3ccc(-c4cccc(Oc5cc(N(C)C)ccn5)c4)cc32)c1. The maximum atomic E-state index is 14.9. The van der Waals surface area contributed by atoms with Crippen LogP contribution in [0.1, 0.15) is 5.56 Å². The minimum Gasteiger partial charge on any atom is -0.439 e. The minimum atomic E-state index is -3.12. The van der Waals surface area contributed by atoms with Gasteiger partial charge in [-0.05, 0) is 71.1 Å². The number of anilines is 1. The summed E-state index contributed by atoms with van der Waals surface area (Å²) in [7, 11) is 0.851. The largest absolute Gasteiger partial charge is 0.439 e. The molecule has 3 aromatic carbocycles. The molecule has 0 saturated carbocycles. The highest BCUT2D eigenvalue weighted by molar-refractivity contribution is 7.86. The normalized spacial score (nSPS) is 15.6. The first-order valence-electron chi connectivity index (χ1n) is 12.1. The first-order valence-corrected chi connectivity index (χ1v) is 13.8. The van der Waals surface area contributed by atoms with E-state index < -0.39 is 7.14 Å². The van der Waals surface area contributed by atoms with E-state index in [4.69, 9.17) is 4.74 Å². The predicted octanol–water partition coefficient (Wildman–Crippen LogP) is 5.93. The lowest BCUT2D eigenvalue weighted by Gasteiger charge is -2.16. The zero-order chi connectivity index (χ0) is 25.6. The molecule has 0 bridgehead atoms. The summed E-state index contributed by atoms with van der Waals surface area (Å²) in [5.74, 6) is 1.22. The van der Waals surface area contributed by atoms with Crippen LogP contribution in [0, 0.1) is 6.92 Å². The summed E-state index contributed by atoms with van der Waals surface area (Å²) in [4.78, 5) is 10.9. The van der Waals surface area contributed by atoms with Crippen molar-refractivity contribution in [2.24, 2.45) is 0 Å². The lowest BCUT2D eigenvalue weighted by Crippen LogP contribution is -2.23. The van der Waals surface area contributed by atoms with Crippen LogP contribution in [-0.4, -0.2) is 24.1 Å². The molecule has 1 aliphatic heterocycles. The summed E-state index contributed by atoms with van der Waals surface area (Å²) < 4.78 is 21.0. The van der Waals surface area contributed by atoms with Crippen LogP contribution in [0.15, 0.2) is 103 Å². The summed E-state index contributed by atoms with van der Waals surface area (Å²) in [6.07, 6.45) is 3.48. The van der Waals surface area contributed by atoms with Crippen molar-refractivity contribution >= 4 is 28.9 Å². The number of hydrogen-bond acceptors (Lipinski definition) is 5. The van der Waals surface area contributed by atoms with Crippen molar-refractivity contribution in [3.8, 4) is 33.9 Å². The minimum absolute atomic E-state index is 0.530. The third kappa shape index (κ3) is 4.02. The molecule has 1 unspecified atom stereocenters. The highest BCUT2D eigenvalue weighted by Crippen LogP contribution is 2.52. The summed E-state index contributed by atoms with van der Waals surface area (Å²) in [6.45, 7) is 2.01. The standard InChI is InChI=1S/C31H26N3O2P/c1-21-13-15-33-31(17-21)37(35)28-10-5-4-9-26(28)27-12-11-23(19-29(27)37)22-7-6-8-25(18-22)36-30-20-24(34(2)3)14-16-32-30/h4-20H,1-3H3. The number of aromatic nitrogens is 2. The lowest BCUT2D eigenvalue weighted by molar-refractivity contribution is 0.463. The molecule has 0 spiro atoms.